The van der Waals surface area contributed by atoms with Gasteiger partial charge in [0.25, 0.3) is 0 Å². The summed E-state index contributed by atoms with van der Waals surface area (Å²) in [6, 6.07) is 2.65. The van der Waals surface area contributed by atoms with Crippen molar-refractivity contribution < 1.29 is 52.7 Å². The van der Waals surface area contributed by atoms with Gasteiger partial charge in [0, 0.05) is 5.92 Å². The molecule has 1 aromatic carbocycles. The van der Waals surface area contributed by atoms with Gasteiger partial charge in [-0.25, -0.2) is 14.4 Å². The number of carboxylic acids is 1. The molecule has 0 heterocycles. The first-order valence-electron chi connectivity index (χ1n) is 11.3. The van der Waals surface area contributed by atoms with E-state index < -0.39 is 42.5 Å². The average Bonchev–Trinajstić information content (AvgIpc) is 2.78. The molecule has 0 aliphatic heterocycles. The van der Waals surface area contributed by atoms with E-state index in [2.05, 4.69) is 0 Å². The quantitative estimate of drug-likeness (QED) is 0.173. The second kappa shape index (κ2) is 15.4. The van der Waals surface area contributed by atoms with Gasteiger partial charge in [-0.1, -0.05) is 19.4 Å². The van der Waals surface area contributed by atoms with Crippen molar-refractivity contribution in [3.8, 4) is 11.5 Å². The van der Waals surface area contributed by atoms with E-state index in [1.165, 1.54) is 18.2 Å². The van der Waals surface area contributed by atoms with E-state index in [0.29, 0.717) is 12.0 Å². The van der Waals surface area contributed by atoms with Crippen LogP contribution in [0.25, 0.3) is 0 Å². The van der Waals surface area contributed by atoms with Gasteiger partial charge < -0.3 is 39.3 Å². The SMILES string of the molecule is CCCCOC(=O)OC(C)CC(c1ccc(OC(=O)OCC)c(OC(=O)OCC)c1)[C@H](N)C(=O)O. The Balaban J connectivity index is 3.20. The molecule has 196 valence electrons. The first-order chi connectivity index (χ1) is 16.6. The van der Waals surface area contributed by atoms with Crippen molar-refractivity contribution >= 4 is 24.4 Å². The summed E-state index contributed by atoms with van der Waals surface area (Å²) in [5, 5.41) is 9.52. The zero-order valence-electron chi connectivity index (χ0n) is 20.3. The van der Waals surface area contributed by atoms with Gasteiger partial charge in [0.05, 0.1) is 19.8 Å². The molecule has 0 spiro atoms. The van der Waals surface area contributed by atoms with Crippen LogP contribution in [0.15, 0.2) is 18.2 Å². The summed E-state index contributed by atoms with van der Waals surface area (Å²) in [4.78, 5) is 47.2. The van der Waals surface area contributed by atoms with Gasteiger partial charge >= 0.3 is 24.4 Å². The molecule has 12 nitrogen and oxygen atoms in total. The number of rotatable bonds is 13. The summed E-state index contributed by atoms with van der Waals surface area (Å²) in [6.45, 7) is 6.96. The molecular weight excluding hydrogens is 466 g/mol. The van der Waals surface area contributed by atoms with Crippen molar-refractivity contribution in [1.82, 2.24) is 0 Å². The summed E-state index contributed by atoms with van der Waals surface area (Å²) >= 11 is 0. The van der Waals surface area contributed by atoms with Gasteiger partial charge in [-0.15, -0.1) is 0 Å². The minimum absolute atomic E-state index is 0.00721. The van der Waals surface area contributed by atoms with Crippen LogP contribution in [0.1, 0.15) is 58.4 Å². The molecule has 0 saturated heterocycles. The second-order valence-electron chi connectivity index (χ2n) is 7.36. The van der Waals surface area contributed by atoms with E-state index in [0.717, 1.165) is 6.42 Å². The summed E-state index contributed by atoms with van der Waals surface area (Å²) in [5.41, 5.74) is 6.24. The Bertz CT molecular complexity index is 858. The predicted octanol–water partition coefficient (Wildman–Crippen LogP) is 3.98. The maximum absolute atomic E-state index is 11.9. The van der Waals surface area contributed by atoms with Crippen molar-refractivity contribution in [2.24, 2.45) is 5.73 Å². The first-order valence-corrected chi connectivity index (χ1v) is 11.3. The molecule has 35 heavy (non-hydrogen) atoms. The Hall–Kier alpha value is -3.54. The van der Waals surface area contributed by atoms with Crippen LogP contribution in [-0.4, -0.2) is 61.5 Å². The third-order valence-electron chi connectivity index (χ3n) is 4.63. The van der Waals surface area contributed by atoms with Crippen molar-refractivity contribution in [2.75, 3.05) is 19.8 Å². The summed E-state index contributed by atoms with van der Waals surface area (Å²) in [7, 11) is 0. The van der Waals surface area contributed by atoms with Gasteiger partial charge in [0.15, 0.2) is 11.5 Å². The maximum Gasteiger partial charge on any atom is 0.513 e. The third kappa shape index (κ3) is 10.5. The lowest BCUT2D eigenvalue weighted by atomic mass is 9.87. The normalized spacial score (nSPS) is 13.1. The lowest BCUT2D eigenvalue weighted by Crippen LogP contribution is -2.38. The predicted molar refractivity (Wildman–Crippen MR) is 122 cm³/mol. The monoisotopic (exact) mass is 499 g/mol. The molecule has 0 aromatic heterocycles. The molecule has 12 heteroatoms. The van der Waals surface area contributed by atoms with E-state index in [1.54, 1.807) is 20.8 Å². The number of hydrogen-bond acceptors (Lipinski definition) is 11. The molecule has 0 fully saturated rings. The van der Waals surface area contributed by atoms with Crippen LogP contribution >= 0.6 is 0 Å². The number of benzene rings is 1. The van der Waals surface area contributed by atoms with Crippen molar-refractivity contribution in [3.63, 3.8) is 0 Å². The Morgan fingerprint density at radius 2 is 1.51 bits per heavy atom. The molecule has 0 aliphatic carbocycles. The molecule has 0 bridgehead atoms. The van der Waals surface area contributed by atoms with Crippen LogP contribution in [0.3, 0.4) is 0 Å². The molecule has 0 amide bonds. The first kappa shape index (κ1) is 29.5. The van der Waals surface area contributed by atoms with E-state index in [-0.39, 0.29) is 37.7 Å². The van der Waals surface area contributed by atoms with Crippen LogP contribution in [0.5, 0.6) is 11.5 Å². The number of aliphatic carboxylic acids is 1. The van der Waals surface area contributed by atoms with Crippen molar-refractivity contribution in [2.45, 2.75) is 65.0 Å². The minimum atomic E-state index is -1.40. The third-order valence-corrected chi connectivity index (χ3v) is 4.63. The van der Waals surface area contributed by atoms with E-state index >= 15 is 0 Å². The fraction of sp³-hybridized carbons (Fsp3) is 0.565. The van der Waals surface area contributed by atoms with E-state index in [4.69, 9.17) is 34.2 Å². The molecule has 2 unspecified atom stereocenters. The van der Waals surface area contributed by atoms with Gasteiger partial charge in [0.1, 0.15) is 12.1 Å². The van der Waals surface area contributed by atoms with E-state index in [9.17, 15) is 24.3 Å². The second-order valence-corrected chi connectivity index (χ2v) is 7.36. The molecule has 3 N–H and O–H groups in total. The molecule has 0 aliphatic rings. The molecule has 0 radical (unpaired) electrons. The zero-order chi connectivity index (χ0) is 26.4. The maximum atomic E-state index is 11.9. The number of nitrogens with two attached hydrogens (primary N) is 1. The standard InChI is InChI=1S/C23H33NO11/c1-5-8-11-32-23(29)33-14(4)12-16(19(24)20(25)26)15-9-10-17(34-21(27)30-6-2)18(13-15)35-22(28)31-7-3/h9-10,13-14,16,19H,5-8,11-12,24H2,1-4H3,(H,25,26)/t14?,16?,19-/m0/s1. The fourth-order valence-corrected chi connectivity index (χ4v) is 2.96. The van der Waals surface area contributed by atoms with Gasteiger partial charge in [-0.2, -0.15) is 0 Å². The molecule has 1 rings (SSSR count). The highest BCUT2D eigenvalue weighted by Gasteiger charge is 2.30. The van der Waals surface area contributed by atoms with Gasteiger partial charge in [-0.05, 0) is 51.3 Å². The highest BCUT2D eigenvalue weighted by Crippen LogP contribution is 2.35. The summed E-state index contributed by atoms with van der Waals surface area (Å²) in [6.07, 6.45) is -2.21. The van der Waals surface area contributed by atoms with Crippen LogP contribution in [0, 0.1) is 0 Å². The minimum Gasteiger partial charge on any atom is -0.480 e. The Labute approximate surface area is 203 Å². The lowest BCUT2D eigenvalue weighted by Gasteiger charge is -2.25. The highest BCUT2D eigenvalue weighted by atomic mass is 16.7. The number of carbonyl (C=O) groups excluding carboxylic acids is 3. The van der Waals surface area contributed by atoms with Gasteiger partial charge in [-0.3, -0.25) is 4.79 Å². The smallest absolute Gasteiger partial charge is 0.480 e. The number of hydrogen-bond donors (Lipinski definition) is 2. The molecule has 0 saturated carbocycles. The summed E-state index contributed by atoms with van der Waals surface area (Å²) in [5.74, 6) is -2.56. The number of ether oxygens (including phenoxy) is 6. The van der Waals surface area contributed by atoms with Gasteiger partial charge in [0.2, 0.25) is 0 Å². The number of unbranched alkanes of at least 4 members (excludes halogenated alkanes) is 1. The number of carbonyl (C=O) groups is 4. The topological polar surface area (TPSA) is 170 Å². The Morgan fingerprint density at radius 1 is 0.914 bits per heavy atom. The Morgan fingerprint density at radius 3 is 2.06 bits per heavy atom. The van der Waals surface area contributed by atoms with Crippen molar-refractivity contribution in [3.05, 3.63) is 23.8 Å². The number of carboxylic acid groups (broad SMARTS) is 1. The van der Waals surface area contributed by atoms with Crippen LogP contribution in [0.2, 0.25) is 0 Å². The van der Waals surface area contributed by atoms with E-state index in [1.807, 2.05) is 6.92 Å². The average molecular weight is 500 g/mol. The molecule has 1 aromatic rings. The van der Waals surface area contributed by atoms with Crippen LogP contribution in [-0.2, 0) is 23.7 Å². The molecule has 3 atom stereocenters. The largest absolute Gasteiger partial charge is 0.513 e. The molecular formula is C23H33NO11. The Kier molecular flexibility index (Phi) is 13.0. The van der Waals surface area contributed by atoms with Crippen molar-refractivity contribution in [1.29, 1.82) is 0 Å². The van der Waals surface area contributed by atoms with Crippen LogP contribution < -0.4 is 15.2 Å². The fourth-order valence-electron chi connectivity index (χ4n) is 2.96. The zero-order valence-corrected chi connectivity index (χ0v) is 20.3. The highest BCUT2D eigenvalue weighted by molar-refractivity contribution is 5.75. The van der Waals surface area contributed by atoms with Crippen LogP contribution in [0.4, 0.5) is 14.4 Å². The lowest BCUT2D eigenvalue weighted by molar-refractivity contribution is -0.139. The summed E-state index contributed by atoms with van der Waals surface area (Å²) < 4.78 is 29.9.